The van der Waals surface area contributed by atoms with Crippen LogP contribution in [0.4, 0.5) is 11.4 Å². The highest BCUT2D eigenvalue weighted by Gasteiger charge is 2.40. The Morgan fingerprint density at radius 3 is 2.39 bits per heavy atom. The number of nitrogens with one attached hydrogen (secondary N) is 2. The number of imide groups is 1. The third kappa shape index (κ3) is 7.54. The normalized spacial score (nSPS) is 14.7. The number of hydrogen-bond acceptors (Lipinski definition) is 7. The lowest BCUT2D eigenvalue weighted by atomic mass is 10.1. The van der Waals surface area contributed by atoms with E-state index in [1.54, 1.807) is 78.9 Å². The van der Waals surface area contributed by atoms with Gasteiger partial charge in [-0.15, -0.1) is 11.8 Å². The van der Waals surface area contributed by atoms with E-state index in [1.807, 2.05) is 0 Å². The molecule has 0 spiro atoms. The van der Waals surface area contributed by atoms with Crippen LogP contribution in [0.1, 0.15) is 22.3 Å². The second-order valence-electron chi connectivity index (χ2n) is 9.94. The molecule has 1 heterocycles. The van der Waals surface area contributed by atoms with Crippen molar-refractivity contribution < 1.29 is 28.7 Å². The van der Waals surface area contributed by atoms with Crippen LogP contribution in [0.25, 0.3) is 6.08 Å². The van der Waals surface area contributed by atoms with E-state index in [9.17, 15) is 19.2 Å². The fraction of sp³-hybridized carbons (Fsp3) is 0.118. The number of hydrogen-bond donors (Lipinski definition) is 2. The van der Waals surface area contributed by atoms with Crippen LogP contribution >= 0.6 is 35.0 Å². The van der Waals surface area contributed by atoms with E-state index in [4.69, 9.17) is 32.7 Å². The summed E-state index contributed by atoms with van der Waals surface area (Å²) in [5.41, 5.74) is 1.57. The number of rotatable bonds is 10. The van der Waals surface area contributed by atoms with Crippen molar-refractivity contribution >= 4 is 76.0 Å². The van der Waals surface area contributed by atoms with Crippen LogP contribution in [0.5, 0.6) is 11.5 Å². The number of methoxy groups -OCH3 is 2. The molecule has 0 aliphatic carbocycles. The summed E-state index contributed by atoms with van der Waals surface area (Å²) in [6.07, 6.45) is 1.48. The molecule has 0 bridgehead atoms. The number of halogens is 2. The Bertz CT molecular complexity index is 1850. The topological polar surface area (TPSA) is 114 Å². The van der Waals surface area contributed by atoms with Gasteiger partial charge in [-0.3, -0.25) is 19.2 Å². The summed E-state index contributed by atoms with van der Waals surface area (Å²) in [5, 5.41) is 5.39. The molecule has 1 saturated heterocycles. The number of benzene rings is 4. The van der Waals surface area contributed by atoms with Crippen molar-refractivity contribution in [2.45, 2.75) is 16.6 Å². The zero-order chi connectivity index (χ0) is 32.8. The molecule has 4 aromatic carbocycles. The summed E-state index contributed by atoms with van der Waals surface area (Å²) in [4.78, 5) is 54.5. The van der Waals surface area contributed by atoms with Gasteiger partial charge in [0.05, 0.1) is 35.2 Å². The van der Waals surface area contributed by atoms with E-state index < -0.39 is 17.1 Å². The molecule has 1 atom stereocenters. The highest BCUT2D eigenvalue weighted by atomic mass is 35.5. The van der Waals surface area contributed by atoms with Gasteiger partial charge in [0, 0.05) is 28.1 Å². The third-order valence-electron chi connectivity index (χ3n) is 6.90. The SMILES string of the molecule is COc1ccc(OC)c(/C=C(\NC(=O)c2ccccc2)C(=O)Nc2cccc(S[C@H]3CC(=O)N(c4ccc(Cl)c(Cl)c4)C3=O)c2)c1. The fourth-order valence-corrected chi connectivity index (χ4v) is 6.06. The number of ether oxygens (including phenoxy) is 2. The number of carbonyl (C=O) groups excluding carboxylic acids is 4. The zero-order valence-corrected chi connectivity index (χ0v) is 26.9. The molecule has 0 saturated carbocycles. The lowest BCUT2D eigenvalue weighted by molar-refractivity contribution is -0.121. The molecule has 4 aromatic rings. The monoisotopic (exact) mass is 675 g/mol. The van der Waals surface area contributed by atoms with Crippen LogP contribution in [0.15, 0.2) is 102 Å². The molecule has 0 radical (unpaired) electrons. The van der Waals surface area contributed by atoms with Crippen molar-refractivity contribution in [2.24, 2.45) is 0 Å². The van der Waals surface area contributed by atoms with Crippen molar-refractivity contribution in [3.05, 3.63) is 118 Å². The Hall–Kier alpha value is -4.77. The number of carbonyl (C=O) groups is 4. The van der Waals surface area contributed by atoms with Gasteiger partial charge < -0.3 is 20.1 Å². The van der Waals surface area contributed by atoms with Crippen molar-refractivity contribution in [2.75, 3.05) is 24.4 Å². The predicted octanol–water partition coefficient (Wildman–Crippen LogP) is 6.84. The molecule has 9 nitrogen and oxygen atoms in total. The first-order valence-corrected chi connectivity index (χ1v) is 15.5. The van der Waals surface area contributed by atoms with Crippen LogP contribution in [0, 0.1) is 0 Å². The molecule has 4 amide bonds. The lowest BCUT2D eigenvalue weighted by Crippen LogP contribution is -2.31. The molecule has 5 rings (SSSR count). The van der Waals surface area contributed by atoms with Crippen LogP contribution in [0.2, 0.25) is 10.0 Å². The van der Waals surface area contributed by atoms with Crippen LogP contribution in [0.3, 0.4) is 0 Å². The minimum Gasteiger partial charge on any atom is -0.497 e. The molecule has 0 unspecified atom stereocenters. The molecule has 1 fully saturated rings. The Kier molecular flexibility index (Phi) is 10.3. The Balaban J connectivity index is 1.37. The average molecular weight is 677 g/mol. The third-order valence-corrected chi connectivity index (χ3v) is 8.82. The Morgan fingerprint density at radius 2 is 1.67 bits per heavy atom. The molecule has 1 aliphatic heterocycles. The summed E-state index contributed by atoms with van der Waals surface area (Å²) in [7, 11) is 3.02. The van der Waals surface area contributed by atoms with E-state index in [1.165, 1.54) is 44.2 Å². The van der Waals surface area contributed by atoms with Crippen molar-refractivity contribution in [1.29, 1.82) is 0 Å². The molecular formula is C34H27Cl2N3O6S. The largest absolute Gasteiger partial charge is 0.497 e. The van der Waals surface area contributed by atoms with Gasteiger partial charge in [-0.25, -0.2) is 4.90 Å². The number of amides is 4. The van der Waals surface area contributed by atoms with Crippen LogP contribution < -0.4 is 25.0 Å². The molecule has 1 aliphatic rings. The molecule has 0 aromatic heterocycles. The molecule has 234 valence electrons. The van der Waals surface area contributed by atoms with Gasteiger partial charge in [0.15, 0.2) is 0 Å². The summed E-state index contributed by atoms with van der Waals surface area (Å²) in [6, 6.07) is 25.0. The fourth-order valence-electron chi connectivity index (χ4n) is 4.65. The second kappa shape index (κ2) is 14.6. The number of nitrogens with zero attached hydrogens (tertiary/aromatic N) is 1. The molecule has 46 heavy (non-hydrogen) atoms. The smallest absolute Gasteiger partial charge is 0.272 e. The second-order valence-corrected chi connectivity index (χ2v) is 12.0. The highest BCUT2D eigenvalue weighted by molar-refractivity contribution is 8.00. The summed E-state index contributed by atoms with van der Waals surface area (Å²) < 4.78 is 10.8. The molecule has 2 N–H and O–H groups in total. The first-order valence-electron chi connectivity index (χ1n) is 13.9. The summed E-state index contributed by atoms with van der Waals surface area (Å²) in [5.74, 6) is -0.836. The van der Waals surface area contributed by atoms with E-state index in [0.717, 1.165) is 4.90 Å². The van der Waals surface area contributed by atoms with Crippen LogP contribution in [-0.4, -0.2) is 43.1 Å². The Labute approximate surface area is 279 Å². The standard InChI is InChI=1S/C34H27Cl2N3O6S/c1-44-24-12-14-29(45-2)21(15-24)16-28(38-32(41)20-7-4-3-5-8-20)33(42)37-22-9-6-10-25(17-22)46-30-19-31(40)39(34(30)43)23-11-13-26(35)27(36)18-23/h3-18,30H,19H2,1-2H3,(H,37,42)(H,38,41)/b28-16-/t30-/m0/s1. The van der Waals surface area contributed by atoms with Gasteiger partial charge in [0.2, 0.25) is 11.8 Å². The quantitative estimate of drug-likeness (QED) is 0.140. The van der Waals surface area contributed by atoms with Gasteiger partial charge in [0.25, 0.3) is 11.8 Å². The van der Waals surface area contributed by atoms with Gasteiger partial charge >= 0.3 is 0 Å². The average Bonchev–Trinajstić information content (AvgIpc) is 3.34. The highest BCUT2D eigenvalue weighted by Crippen LogP contribution is 2.36. The summed E-state index contributed by atoms with van der Waals surface area (Å²) >= 11 is 13.3. The number of thioether (sulfide) groups is 1. The van der Waals surface area contributed by atoms with Gasteiger partial charge in [-0.05, 0) is 72.8 Å². The first-order chi connectivity index (χ1) is 22.2. The zero-order valence-electron chi connectivity index (χ0n) is 24.6. The maximum absolute atomic E-state index is 13.6. The molecule has 12 heteroatoms. The molecular weight excluding hydrogens is 649 g/mol. The van der Waals surface area contributed by atoms with Gasteiger partial charge in [-0.2, -0.15) is 0 Å². The van der Waals surface area contributed by atoms with Crippen molar-refractivity contribution in [3.8, 4) is 11.5 Å². The van der Waals surface area contributed by atoms with Crippen LogP contribution in [-0.2, 0) is 14.4 Å². The van der Waals surface area contributed by atoms with Gasteiger partial charge in [0.1, 0.15) is 17.2 Å². The lowest BCUT2D eigenvalue weighted by Gasteiger charge is -2.16. The number of anilines is 2. The van der Waals surface area contributed by atoms with Gasteiger partial charge in [-0.1, -0.05) is 47.5 Å². The van der Waals surface area contributed by atoms with E-state index in [-0.39, 0.29) is 29.0 Å². The van der Waals surface area contributed by atoms with E-state index in [0.29, 0.717) is 43.9 Å². The van der Waals surface area contributed by atoms with Crippen molar-refractivity contribution in [1.82, 2.24) is 5.32 Å². The minimum atomic E-state index is -0.686. The van der Waals surface area contributed by atoms with E-state index in [2.05, 4.69) is 10.6 Å². The first kappa shape index (κ1) is 32.6. The Morgan fingerprint density at radius 1 is 0.891 bits per heavy atom. The van der Waals surface area contributed by atoms with Crippen molar-refractivity contribution in [3.63, 3.8) is 0 Å². The van der Waals surface area contributed by atoms with E-state index >= 15 is 0 Å². The maximum Gasteiger partial charge on any atom is 0.272 e. The minimum absolute atomic E-state index is 0.0128. The predicted molar refractivity (Wildman–Crippen MR) is 180 cm³/mol. The summed E-state index contributed by atoms with van der Waals surface area (Å²) in [6.45, 7) is 0. The maximum atomic E-state index is 13.6.